The largest absolute Gasteiger partial charge is 0.493 e. The quantitative estimate of drug-likeness (QED) is 0.710. The summed E-state index contributed by atoms with van der Waals surface area (Å²) in [6, 6.07) is 3.45. The first-order valence-corrected chi connectivity index (χ1v) is 9.23. The standard InChI is InChI=1S/C19H25F3N2O6/c1-27-14-8-12(9-15(28-2)16(14)29-3)10-23-17(25)13-4-6-24(7-5-13)18(26)30-11-19(20,21)22/h8-9,13H,4-7,10-11H2,1-3H3,(H,23,25). The normalized spacial score (nSPS) is 14.8. The predicted octanol–water partition coefficient (Wildman–Crippen LogP) is 2.74. The molecule has 1 N–H and O–H groups in total. The monoisotopic (exact) mass is 434 g/mol. The van der Waals surface area contributed by atoms with Crippen molar-refractivity contribution in [1.82, 2.24) is 10.2 Å². The van der Waals surface area contributed by atoms with Crippen LogP contribution in [-0.2, 0) is 16.1 Å². The number of benzene rings is 1. The fourth-order valence-corrected chi connectivity index (χ4v) is 3.13. The van der Waals surface area contributed by atoms with Gasteiger partial charge in [0.15, 0.2) is 18.1 Å². The van der Waals surface area contributed by atoms with Crippen molar-refractivity contribution in [1.29, 1.82) is 0 Å². The third kappa shape index (κ3) is 6.33. The van der Waals surface area contributed by atoms with Crippen molar-refractivity contribution >= 4 is 12.0 Å². The van der Waals surface area contributed by atoms with Crippen molar-refractivity contribution in [3.8, 4) is 17.2 Å². The number of hydrogen-bond donors (Lipinski definition) is 1. The van der Waals surface area contributed by atoms with Crippen LogP contribution in [0.1, 0.15) is 18.4 Å². The van der Waals surface area contributed by atoms with Gasteiger partial charge in [-0.1, -0.05) is 0 Å². The second-order valence-electron chi connectivity index (χ2n) is 6.68. The highest BCUT2D eigenvalue weighted by atomic mass is 19.4. The van der Waals surface area contributed by atoms with Gasteiger partial charge in [-0.25, -0.2) is 4.79 Å². The summed E-state index contributed by atoms with van der Waals surface area (Å²) in [5.74, 6) is 0.823. The third-order valence-electron chi connectivity index (χ3n) is 4.67. The minimum Gasteiger partial charge on any atom is -0.493 e. The van der Waals surface area contributed by atoms with E-state index in [2.05, 4.69) is 10.1 Å². The number of hydrogen-bond acceptors (Lipinski definition) is 6. The van der Waals surface area contributed by atoms with E-state index in [9.17, 15) is 22.8 Å². The Labute approximate surface area is 172 Å². The van der Waals surface area contributed by atoms with Crippen LogP contribution in [-0.4, -0.2) is 64.1 Å². The Hall–Kier alpha value is -2.85. The molecule has 0 aliphatic carbocycles. The molecule has 0 spiro atoms. The second kappa shape index (κ2) is 10.3. The molecule has 11 heteroatoms. The number of alkyl halides is 3. The molecular weight excluding hydrogens is 409 g/mol. The summed E-state index contributed by atoms with van der Waals surface area (Å²) in [5.41, 5.74) is 0.742. The van der Waals surface area contributed by atoms with Gasteiger partial charge in [0.25, 0.3) is 0 Å². The van der Waals surface area contributed by atoms with Crippen LogP contribution in [0.4, 0.5) is 18.0 Å². The molecule has 0 radical (unpaired) electrons. The minimum absolute atomic E-state index is 0.152. The molecule has 1 heterocycles. The molecule has 1 aliphatic heterocycles. The topological polar surface area (TPSA) is 86.3 Å². The Morgan fingerprint density at radius 3 is 2.10 bits per heavy atom. The number of halogens is 3. The number of rotatable bonds is 7. The minimum atomic E-state index is -4.57. The Balaban J connectivity index is 1.86. The van der Waals surface area contributed by atoms with Gasteiger partial charge in [0.2, 0.25) is 11.7 Å². The summed E-state index contributed by atoms with van der Waals surface area (Å²) in [7, 11) is 4.48. The highest BCUT2D eigenvalue weighted by molar-refractivity contribution is 5.79. The van der Waals surface area contributed by atoms with Crippen LogP contribution in [0.15, 0.2) is 12.1 Å². The second-order valence-corrected chi connectivity index (χ2v) is 6.68. The Bertz CT molecular complexity index is 723. The van der Waals surface area contributed by atoms with E-state index in [1.165, 1.54) is 26.2 Å². The SMILES string of the molecule is COc1cc(CNC(=O)C2CCN(C(=O)OCC(F)(F)F)CC2)cc(OC)c1OC. The summed E-state index contributed by atoms with van der Waals surface area (Å²) in [4.78, 5) is 25.3. The molecule has 0 aromatic heterocycles. The molecule has 0 atom stereocenters. The van der Waals surface area contributed by atoms with Crippen LogP contribution in [0.3, 0.4) is 0 Å². The van der Waals surface area contributed by atoms with Crippen molar-refractivity contribution in [3.05, 3.63) is 17.7 Å². The van der Waals surface area contributed by atoms with E-state index in [1.54, 1.807) is 12.1 Å². The first-order chi connectivity index (χ1) is 14.2. The number of carbonyl (C=O) groups excluding carboxylic acids is 2. The number of methoxy groups -OCH3 is 3. The van der Waals surface area contributed by atoms with Crippen molar-refractivity contribution in [3.63, 3.8) is 0 Å². The number of carbonyl (C=O) groups is 2. The number of likely N-dealkylation sites (tertiary alicyclic amines) is 1. The molecule has 2 rings (SSSR count). The molecule has 30 heavy (non-hydrogen) atoms. The smallest absolute Gasteiger partial charge is 0.422 e. The average molecular weight is 434 g/mol. The van der Waals surface area contributed by atoms with E-state index in [-0.39, 0.29) is 31.5 Å². The zero-order valence-electron chi connectivity index (χ0n) is 17.0. The molecule has 168 valence electrons. The zero-order chi connectivity index (χ0) is 22.3. The first-order valence-electron chi connectivity index (χ1n) is 9.23. The van der Waals surface area contributed by atoms with Gasteiger partial charge >= 0.3 is 12.3 Å². The zero-order valence-corrected chi connectivity index (χ0v) is 17.0. The van der Waals surface area contributed by atoms with E-state index >= 15 is 0 Å². The molecular formula is C19H25F3N2O6. The lowest BCUT2D eigenvalue weighted by Gasteiger charge is -2.30. The fourth-order valence-electron chi connectivity index (χ4n) is 3.13. The molecule has 1 aromatic carbocycles. The van der Waals surface area contributed by atoms with Gasteiger partial charge in [0, 0.05) is 25.6 Å². The maximum Gasteiger partial charge on any atom is 0.422 e. The van der Waals surface area contributed by atoms with Gasteiger partial charge in [-0.05, 0) is 30.5 Å². The molecule has 0 bridgehead atoms. The number of ether oxygens (including phenoxy) is 4. The molecule has 0 saturated carbocycles. The Morgan fingerprint density at radius 1 is 1.07 bits per heavy atom. The molecule has 0 unspecified atom stereocenters. The van der Waals surface area contributed by atoms with Gasteiger partial charge in [-0.3, -0.25) is 4.79 Å². The number of nitrogens with zero attached hydrogens (tertiary/aromatic N) is 1. The van der Waals surface area contributed by atoms with Crippen LogP contribution >= 0.6 is 0 Å². The maximum atomic E-state index is 12.5. The van der Waals surface area contributed by atoms with Crippen LogP contribution in [0.25, 0.3) is 0 Å². The summed E-state index contributed by atoms with van der Waals surface area (Å²) >= 11 is 0. The van der Waals surface area contributed by atoms with Gasteiger partial charge in [-0.2, -0.15) is 13.2 Å². The average Bonchev–Trinajstić information content (AvgIpc) is 2.74. The van der Waals surface area contributed by atoms with Gasteiger partial charge in [0.1, 0.15) is 0 Å². The van der Waals surface area contributed by atoms with E-state index in [4.69, 9.17) is 14.2 Å². The predicted molar refractivity (Wildman–Crippen MR) is 99.6 cm³/mol. The van der Waals surface area contributed by atoms with E-state index in [1.807, 2.05) is 0 Å². The summed E-state index contributed by atoms with van der Waals surface area (Å²) < 4.78 is 56.5. The highest BCUT2D eigenvalue weighted by Crippen LogP contribution is 2.38. The Morgan fingerprint density at radius 2 is 1.63 bits per heavy atom. The van der Waals surface area contributed by atoms with Gasteiger partial charge in [0.05, 0.1) is 21.3 Å². The van der Waals surface area contributed by atoms with Gasteiger partial charge in [-0.15, -0.1) is 0 Å². The van der Waals surface area contributed by atoms with E-state index < -0.39 is 18.9 Å². The number of nitrogens with one attached hydrogen (secondary N) is 1. The molecule has 1 aromatic rings. The van der Waals surface area contributed by atoms with Gasteiger partial charge < -0.3 is 29.2 Å². The lowest BCUT2D eigenvalue weighted by molar-refractivity contribution is -0.162. The summed E-state index contributed by atoms with van der Waals surface area (Å²) in [6.07, 6.45) is -4.92. The van der Waals surface area contributed by atoms with Crippen LogP contribution in [0.5, 0.6) is 17.2 Å². The third-order valence-corrected chi connectivity index (χ3v) is 4.67. The maximum absolute atomic E-state index is 12.5. The van der Waals surface area contributed by atoms with Crippen LogP contribution in [0.2, 0.25) is 0 Å². The van der Waals surface area contributed by atoms with Crippen molar-refractivity contribution < 1.29 is 41.7 Å². The van der Waals surface area contributed by atoms with Crippen molar-refractivity contribution in [2.45, 2.75) is 25.6 Å². The lowest BCUT2D eigenvalue weighted by atomic mass is 9.96. The van der Waals surface area contributed by atoms with E-state index in [0.717, 1.165) is 5.56 Å². The molecule has 1 fully saturated rings. The van der Waals surface area contributed by atoms with E-state index in [0.29, 0.717) is 30.1 Å². The molecule has 1 saturated heterocycles. The fraction of sp³-hybridized carbons (Fsp3) is 0.579. The summed E-state index contributed by atoms with van der Waals surface area (Å²) in [6.45, 7) is -1.09. The van der Waals surface area contributed by atoms with Crippen LogP contribution in [0, 0.1) is 5.92 Å². The lowest BCUT2D eigenvalue weighted by Crippen LogP contribution is -2.43. The summed E-state index contributed by atoms with van der Waals surface area (Å²) in [5, 5.41) is 2.82. The molecule has 2 amide bonds. The first kappa shape index (κ1) is 23.4. The molecule has 1 aliphatic rings. The number of amides is 2. The van der Waals surface area contributed by atoms with Crippen molar-refractivity contribution in [2.75, 3.05) is 41.0 Å². The van der Waals surface area contributed by atoms with Crippen LogP contribution < -0.4 is 19.5 Å². The Kier molecular flexibility index (Phi) is 8.01. The number of piperidine rings is 1. The molecule has 8 nitrogen and oxygen atoms in total. The highest BCUT2D eigenvalue weighted by Gasteiger charge is 2.33. The van der Waals surface area contributed by atoms with Crippen molar-refractivity contribution in [2.24, 2.45) is 5.92 Å².